The molecule has 0 aliphatic carbocycles. The first-order valence-corrected chi connectivity index (χ1v) is 3.45. The lowest BCUT2D eigenvalue weighted by Gasteiger charge is -2.20. The van der Waals surface area contributed by atoms with Gasteiger partial charge in [0.2, 0.25) is 6.41 Å². The Morgan fingerprint density at radius 3 is 2.25 bits per heavy atom. The van der Waals surface area contributed by atoms with E-state index in [1.54, 1.807) is 0 Å². The molecule has 6 heteroatoms. The molecule has 3 atom stereocenters. The molecular weight excluding hydrogens is 166 g/mol. The smallest absolute Gasteiger partial charge is 0.207 e. The van der Waals surface area contributed by atoms with Crippen molar-refractivity contribution in [1.29, 1.82) is 0 Å². The summed E-state index contributed by atoms with van der Waals surface area (Å²) < 4.78 is 0. The summed E-state index contributed by atoms with van der Waals surface area (Å²) in [4.78, 5) is 9.76. The summed E-state index contributed by atoms with van der Waals surface area (Å²) in [5.74, 6) is 0. The van der Waals surface area contributed by atoms with Gasteiger partial charge in [-0.15, -0.1) is 0 Å². The van der Waals surface area contributed by atoms with E-state index in [-0.39, 0.29) is 6.54 Å². The largest absolute Gasteiger partial charge is 0.394 e. The van der Waals surface area contributed by atoms with Crippen LogP contribution in [0.3, 0.4) is 0 Å². The number of carbonyl (C=O) groups excluding carboxylic acids is 1. The lowest BCUT2D eigenvalue weighted by Crippen LogP contribution is -2.44. The van der Waals surface area contributed by atoms with Crippen molar-refractivity contribution in [3.63, 3.8) is 0 Å². The van der Waals surface area contributed by atoms with Gasteiger partial charge in [-0.1, -0.05) is 0 Å². The molecule has 0 aromatic carbocycles. The number of nitrogens with one attached hydrogen (secondary N) is 1. The van der Waals surface area contributed by atoms with Gasteiger partial charge in [-0.25, -0.2) is 0 Å². The van der Waals surface area contributed by atoms with Gasteiger partial charge in [-0.2, -0.15) is 0 Å². The van der Waals surface area contributed by atoms with Crippen LogP contribution >= 0.6 is 0 Å². The van der Waals surface area contributed by atoms with Crippen LogP contribution in [0, 0.1) is 0 Å². The highest BCUT2D eigenvalue weighted by Crippen LogP contribution is 1.98. The number of amides is 1. The third-order valence-corrected chi connectivity index (χ3v) is 1.39. The minimum atomic E-state index is -1.46. The third kappa shape index (κ3) is 3.63. The van der Waals surface area contributed by atoms with Crippen molar-refractivity contribution >= 4 is 6.41 Å². The number of rotatable bonds is 6. The quantitative estimate of drug-likeness (QED) is 0.276. The molecule has 0 fully saturated rings. The molecule has 6 nitrogen and oxygen atoms in total. The molecule has 0 rings (SSSR count). The standard InChI is InChI=1S/C6H13NO5/c8-2-5(11)6(12)4(10)1-7-3-9/h3-6,8,10-12H,1-2H2,(H,7,9)/t4-,5+,6-/m1/s1. The minimum Gasteiger partial charge on any atom is -0.394 e. The Bertz CT molecular complexity index is 131. The van der Waals surface area contributed by atoms with Gasteiger partial charge in [0.25, 0.3) is 0 Å². The molecule has 0 aromatic heterocycles. The molecule has 0 aliphatic heterocycles. The average Bonchev–Trinajstić information content (AvgIpc) is 2.11. The number of aliphatic hydroxyl groups is 4. The third-order valence-electron chi connectivity index (χ3n) is 1.39. The van der Waals surface area contributed by atoms with Gasteiger partial charge in [0.1, 0.15) is 12.2 Å². The van der Waals surface area contributed by atoms with Crippen LogP contribution in [0.25, 0.3) is 0 Å². The van der Waals surface area contributed by atoms with E-state index in [0.717, 1.165) is 0 Å². The van der Waals surface area contributed by atoms with E-state index in [9.17, 15) is 4.79 Å². The topological polar surface area (TPSA) is 110 Å². The number of carbonyl (C=O) groups is 1. The molecule has 0 radical (unpaired) electrons. The van der Waals surface area contributed by atoms with E-state index in [0.29, 0.717) is 6.41 Å². The summed E-state index contributed by atoms with van der Waals surface area (Å²) in [7, 11) is 0. The Labute approximate surface area is 69.5 Å². The maximum absolute atomic E-state index is 9.76. The highest BCUT2D eigenvalue weighted by molar-refractivity contribution is 5.45. The van der Waals surface area contributed by atoms with E-state index in [1.165, 1.54) is 0 Å². The number of hydrogen-bond acceptors (Lipinski definition) is 5. The summed E-state index contributed by atoms with van der Waals surface area (Å²) in [5, 5.41) is 37.3. The molecule has 0 saturated heterocycles. The summed E-state index contributed by atoms with van der Waals surface area (Å²) in [5.41, 5.74) is 0. The van der Waals surface area contributed by atoms with Crippen LogP contribution in [-0.2, 0) is 4.79 Å². The Morgan fingerprint density at radius 2 is 1.83 bits per heavy atom. The maximum atomic E-state index is 9.76. The molecule has 0 aliphatic rings. The van der Waals surface area contributed by atoms with Crippen LogP contribution in [0.5, 0.6) is 0 Å². The Morgan fingerprint density at radius 1 is 1.25 bits per heavy atom. The summed E-state index contributed by atoms with van der Waals surface area (Å²) in [6.45, 7) is -0.805. The maximum Gasteiger partial charge on any atom is 0.207 e. The average molecular weight is 179 g/mol. The van der Waals surface area contributed by atoms with Gasteiger partial charge < -0.3 is 25.7 Å². The van der Waals surface area contributed by atoms with Crippen molar-refractivity contribution in [2.75, 3.05) is 13.2 Å². The summed E-state index contributed by atoms with van der Waals surface area (Å²) >= 11 is 0. The molecule has 0 spiro atoms. The molecule has 1 amide bonds. The van der Waals surface area contributed by atoms with Gasteiger partial charge >= 0.3 is 0 Å². The fraction of sp³-hybridized carbons (Fsp3) is 0.833. The van der Waals surface area contributed by atoms with Crippen LogP contribution < -0.4 is 5.32 Å². The van der Waals surface area contributed by atoms with Gasteiger partial charge in [0.05, 0.1) is 12.7 Å². The first-order chi connectivity index (χ1) is 5.63. The van der Waals surface area contributed by atoms with E-state index in [1.807, 2.05) is 0 Å². The lowest BCUT2D eigenvalue weighted by atomic mass is 10.1. The molecule has 0 heterocycles. The zero-order valence-electron chi connectivity index (χ0n) is 6.42. The van der Waals surface area contributed by atoms with E-state index >= 15 is 0 Å². The van der Waals surface area contributed by atoms with Gasteiger partial charge in [0, 0.05) is 6.54 Å². The Hall–Kier alpha value is -0.690. The predicted octanol–water partition coefficient (Wildman–Crippen LogP) is -3.19. The van der Waals surface area contributed by atoms with Crippen LogP contribution in [0.15, 0.2) is 0 Å². The summed E-state index contributed by atoms with van der Waals surface area (Å²) in [6, 6.07) is 0. The van der Waals surface area contributed by atoms with Crippen molar-refractivity contribution in [2.24, 2.45) is 0 Å². The van der Waals surface area contributed by atoms with Crippen LogP contribution in [0.1, 0.15) is 0 Å². The van der Waals surface area contributed by atoms with Crippen LogP contribution in [0.4, 0.5) is 0 Å². The highest BCUT2D eigenvalue weighted by Gasteiger charge is 2.23. The second-order valence-corrected chi connectivity index (χ2v) is 2.33. The molecular formula is C6H13NO5. The molecule has 5 N–H and O–H groups in total. The fourth-order valence-electron chi connectivity index (χ4n) is 0.654. The first kappa shape index (κ1) is 11.3. The molecule has 72 valence electrons. The van der Waals surface area contributed by atoms with Gasteiger partial charge in [0.15, 0.2) is 0 Å². The van der Waals surface area contributed by atoms with Gasteiger partial charge in [-0.05, 0) is 0 Å². The molecule has 0 bridgehead atoms. The number of aliphatic hydroxyl groups excluding tert-OH is 4. The number of hydrogen-bond donors (Lipinski definition) is 5. The first-order valence-electron chi connectivity index (χ1n) is 3.45. The van der Waals surface area contributed by atoms with Crippen molar-refractivity contribution in [3.05, 3.63) is 0 Å². The predicted molar refractivity (Wildman–Crippen MR) is 39.2 cm³/mol. The second kappa shape index (κ2) is 5.90. The fourth-order valence-corrected chi connectivity index (χ4v) is 0.654. The van der Waals surface area contributed by atoms with Crippen LogP contribution in [0.2, 0.25) is 0 Å². The van der Waals surface area contributed by atoms with Crippen molar-refractivity contribution in [2.45, 2.75) is 18.3 Å². The van der Waals surface area contributed by atoms with E-state index in [2.05, 4.69) is 5.32 Å². The zero-order chi connectivity index (χ0) is 9.56. The SMILES string of the molecule is O=CNC[C@@H](O)[C@@H](O)[C@@H](O)CO. The molecule has 0 saturated carbocycles. The minimum absolute atomic E-state index is 0.165. The highest BCUT2D eigenvalue weighted by atomic mass is 16.4. The monoisotopic (exact) mass is 179 g/mol. The van der Waals surface area contributed by atoms with Gasteiger partial charge in [-0.3, -0.25) is 4.79 Å². The Kier molecular flexibility index (Phi) is 5.56. The zero-order valence-corrected chi connectivity index (χ0v) is 6.42. The summed E-state index contributed by atoms with van der Waals surface area (Å²) in [6.07, 6.45) is -3.77. The lowest BCUT2D eigenvalue weighted by molar-refractivity contribution is -0.111. The van der Waals surface area contributed by atoms with Crippen molar-refractivity contribution < 1.29 is 25.2 Å². The normalized spacial score (nSPS) is 18.0. The van der Waals surface area contributed by atoms with E-state index < -0.39 is 24.9 Å². The van der Waals surface area contributed by atoms with E-state index in [4.69, 9.17) is 20.4 Å². The van der Waals surface area contributed by atoms with Crippen molar-refractivity contribution in [3.8, 4) is 0 Å². The van der Waals surface area contributed by atoms with Crippen molar-refractivity contribution in [1.82, 2.24) is 5.32 Å². The molecule has 0 unspecified atom stereocenters. The Balaban J connectivity index is 3.74. The molecule has 12 heavy (non-hydrogen) atoms. The van der Waals surface area contributed by atoms with Crippen LogP contribution in [-0.4, -0.2) is 58.3 Å². The molecule has 0 aromatic rings. The second-order valence-electron chi connectivity index (χ2n) is 2.33.